The van der Waals surface area contributed by atoms with Gasteiger partial charge in [0, 0.05) is 26.2 Å². The molecule has 1 fully saturated rings. The predicted molar refractivity (Wildman–Crippen MR) is 72.4 cm³/mol. The summed E-state index contributed by atoms with van der Waals surface area (Å²) in [5.41, 5.74) is -0.119. The highest BCUT2D eigenvalue weighted by molar-refractivity contribution is 7.87. The highest BCUT2D eigenvalue weighted by atomic mass is 32.2. The zero-order valence-electron chi connectivity index (χ0n) is 11.5. The SMILES string of the molecule is CC(C)(CCCO)CNS(=O)(=O)N1CCCCC1. The number of nitrogens with zero attached hydrogens (tertiary/aromatic N) is 1. The monoisotopic (exact) mass is 278 g/mol. The lowest BCUT2D eigenvalue weighted by Crippen LogP contribution is -2.46. The predicted octanol–water partition coefficient (Wildman–Crippen LogP) is 1.11. The smallest absolute Gasteiger partial charge is 0.279 e. The van der Waals surface area contributed by atoms with Crippen molar-refractivity contribution in [1.82, 2.24) is 9.03 Å². The van der Waals surface area contributed by atoms with Crippen LogP contribution in [0.3, 0.4) is 0 Å². The van der Waals surface area contributed by atoms with Gasteiger partial charge in [-0.05, 0) is 31.1 Å². The first-order valence-electron chi connectivity index (χ1n) is 6.73. The molecule has 5 nitrogen and oxygen atoms in total. The second-order valence-corrected chi connectivity index (χ2v) is 7.53. The van der Waals surface area contributed by atoms with Gasteiger partial charge in [-0.3, -0.25) is 0 Å². The van der Waals surface area contributed by atoms with Crippen LogP contribution >= 0.6 is 0 Å². The molecule has 0 aliphatic carbocycles. The zero-order chi connectivity index (χ0) is 13.6. The molecule has 0 radical (unpaired) electrons. The van der Waals surface area contributed by atoms with Crippen molar-refractivity contribution in [2.45, 2.75) is 46.0 Å². The van der Waals surface area contributed by atoms with Crippen LogP contribution in [-0.2, 0) is 10.2 Å². The molecule has 0 spiro atoms. The maximum atomic E-state index is 12.1. The van der Waals surface area contributed by atoms with Gasteiger partial charge in [0.25, 0.3) is 10.2 Å². The van der Waals surface area contributed by atoms with E-state index in [2.05, 4.69) is 4.72 Å². The molecule has 18 heavy (non-hydrogen) atoms. The lowest BCUT2D eigenvalue weighted by atomic mass is 9.88. The number of hydrogen-bond donors (Lipinski definition) is 2. The van der Waals surface area contributed by atoms with Gasteiger partial charge in [0.1, 0.15) is 0 Å². The summed E-state index contributed by atoms with van der Waals surface area (Å²) in [4.78, 5) is 0. The normalized spacial score (nSPS) is 19.1. The molecular weight excluding hydrogens is 252 g/mol. The first kappa shape index (κ1) is 15.9. The summed E-state index contributed by atoms with van der Waals surface area (Å²) in [7, 11) is -3.32. The van der Waals surface area contributed by atoms with E-state index in [1.165, 1.54) is 0 Å². The van der Waals surface area contributed by atoms with E-state index in [1.54, 1.807) is 4.31 Å². The second-order valence-electron chi connectivity index (χ2n) is 5.78. The van der Waals surface area contributed by atoms with Gasteiger partial charge in [-0.15, -0.1) is 0 Å². The minimum absolute atomic E-state index is 0.119. The number of rotatable bonds is 7. The molecule has 6 heteroatoms. The number of nitrogens with one attached hydrogen (secondary N) is 1. The lowest BCUT2D eigenvalue weighted by Gasteiger charge is -2.29. The van der Waals surface area contributed by atoms with Crippen LogP contribution in [0.2, 0.25) is 0 Å². The summed E-state index contributed by atoms with van der Waals surface area (Å²) < 4.78 is 28.4. The lowest BCUT2D eigenvalue weighted by molar-refractivity contribution is 0.240. The van der Waals surface area contributed by atoms with Crippen molar-refractivity contribution < 1.29 is 13.5 Å². The highest BCUT2D eigenvalue weighted by Gasteiger charge is 2.26. The Morgan fingerprint density at radius 2 is 1.83 bits per heavy atom. The Bertz CT molecular complexity index is 335. The Labute approximate surface area is 111 Å². The van der Waals surface area contributed by atoms with E-state index in [0.717, 1.165) is 25.7 Å². The third-order valence-electron chi connectivity index (χ3n) is 3.40. The maximum Gasteiger partial charge on any atom is 0.279 e. The van der Waals surface area contributed by atoms with Crippen LogP contribution in [0.1, 0.15) is 46.0 Å². The quantitative estimate of drug-likeness (QED) is 0.733. The summed E-state index contributed by atoms with van der Waals surface area (Å²) in [6, 6.07) is 0. The van der Waals surface area contributed by atoms with Gasteiger partial charge >= 0.3 is 0 Å². The van der Waals surface area contributed by atoms with Crippen LogP contribution < -0.4 is 4.72 Å². The van der Waals surface area contributed by atoms with Crippen LogP contribution in [0.5, 0.6) is 0 Å². The van der Waals surface area contributed by atoms with Crippen molar-refractivity contribution in [3.05, 3.63) is 0 Å². The van der Waals surface area contributed by atoms with E-state index in [-0.39, 0.29) is 12.0 Å². The largest absolute Gasteiger partial charge is 0.396 e. The average Bonchev–Trinajstić information content (AvgIpc) is 2.36. The Morgan fingerprint density at radius 1 is 1.22 bits per heavy atom. The maximum absolute atomic E-state index is 12.1. The van der Waals surface area contributed by atoms with E-state index >= 15 is 0 Å². The molecule has 1 saturated heterocycles. The second kappa shape index (κ2) is 6.84. The van der Waals surface area contributed by atoms with Crippen molar-refractivity contribution in [3.8, 4) is 0 Å². The van der Waals surface area contributed by atoms with Gasteiger partial charge in [-0.1, -0.05) is 20.3 Å². The number of aliphatic hydroxyl groups is 1. The molecular formula is C12H26N2O3S. The van der Waals surface area contributed by atoms with E-state index in [9.17, 15) is 8.42 Å². The third kappa shape index (κ3) is 5.22. The first-order chi connectivity index (χ1) is 8.37. The number of piperidine rings is 1. The molecule has 0 saturated carbocycles. The standard InChI is InChI=1S/C12H26N2O3S/c1-12(2,7-6-10-15)11-13-18(16,17)14-8-4-3-5-9-14/h13,15H,3-11H2,1-2H3. The van der Waals surface area contributed by atoms with Crippen LogP contribution in [0.15, 0.2) is 0 Å². The molecule has 2 N–H and O–H groups in total. The first-order valence-corrected chi connectivity index (χ1v) is 8.17. The highest BCUT2D eigenvalue weighted by Crippen LogP contribution is 2.21. The number of aliphatic hydroxyl groups excluding tert-OH is 1. The fourth-order valence-electron chi connectivity index (χ4n) is 2.13. The molecule has 0 atom stereocenters. The van der Waals surface area contributed by atoms with Crippen LogP contribution in [0.25, 0.3) is 0 Å². The molecule has 0 unspecified atom stereocenters. The van der Waals surface area contributed by atoms with Gasteiger partial charge in [-0.25, -0.2) is 4.72 Å². The van der Waals surface area contributed by atoms with E-state index in [0.29, 0.717) is 26.1 Å². The Morgan fingerprint density at radius 3 is 2.39 bits per heavy atom. The van der Waals surface area contributed by atoms with Crippen LogP contribution in [-0.4, -0.2) is 44.1 Å². The Balaban J connectivity index is 2.45. The minimum Gasteiger partial charge on any atom is -0.396 e. The fraction of sp³-hybridized carbons (Fsp3) is 1.00. The van der Waals surface area contributed by atoms with E-state index in [4.69, 9.17) is 5.11 Å². The molecule has 0 aromatic carbocycles. The van der Waals surface area contributed by atoms with Crippen LogP contribution in [0.4, 0.5) is 0 Å². The summed E-state index contributed by atoms with van der Waals surface area (Å²) in [6.45, 7) is 5.87. The van der Waals surface area contributed by atoms with E-state index in [1.807, 2.05) is 13.8 Å². The van der Waals surface area contributed by atoms with Gasteiger partial charge in [0.05, 0.1) is 0 Å². The number of hydrogen-bond acceptors (Lipinski definition) is 3. The Kier molecular flexibility index (Phi) is 6.04. The van der Waals surface area contributed by atoms with Gasteiger partial charge < -0.3 is 5.11 Å². The van der Waals surface area contributed by atoms with Crippen molar-refractivity contribution in [2.75, 3.05) is 26.2 Å². The molecule has 108 valence electrons. The Hall–Kier alpha value is -0.170. The van der Waals surface area contributed by atoms with Crippen molar-refractivity contribution >= 4 is 10.2 Å². The molecule has 0 amide bonds. The average molecular weight is 278 g/mol. The molecule has 0 aromatic rings. The zero-order valence-corrected chi connectivity index (χ0v) is 12.3. The summed E-state index contributed by atoms with van der Waals surface area (Å²) >= 11 is 0. The van der Waals surface area contributed by atoms with Gasteiger partial charge in [0.2, 0.25) is 0 Å². The van der Waals surface area contributed by atoms with Gasteiger partial charge in [-0.2, -0.15) is 12.7 Å². The van der Waals surface area contributed by atoms with Crippen molar-refractivity contribution in [1.29, 1.82) is 0 Å². The third-order valence-corrected chi connectivity index (χ3v) is 4.95. The fourth-order valence-corrected chi connectivity index (χ4v) is 3.62. The molecule has 0 bridgehead atoms. The minimum atomic E-state index is -3.32. The molecule has 1 aliphatic heterocycles. The van der Waals surface area contributed by atoms with Crippen molar-refractivity contribution in [3.63, 3.8) is 0 Å². The van der Waals surface area contributed by atoms with Crippen LogP contribution in [0, 0.1) is 5.41 Å². The summed E-state index contributed by atoms with van der Waals surface area (Å²) in [5.74, 6) is 0. The summed E-state index contributed by atoms with van der Waals surface area (Å²) in [6.07, 6.45) is 4.54. The molecule has 0 aromatic heterocycles. The molecule has 1 aliphatic rings. The molecule has 1 heterocycles. The van der Waals surface area contributed by atoms with Gasteiger partial charge in [0.15, 0.2) is 0 Å². The topological polar surface area (TPSA) is 69.6 Å². The van der Waals surface area contributed by atoms with E-state index < -0.39 is 10.2 Å². The van der Waals surface area contributed by atoms with Crippen molar-refractivity contribution in [2.24, 2.45) is 5.41 Å². The molecule has 1 rings (SSSR count). The summed E-state index contributed by atoms with van der Waals surface area (Å²) in [5, 5.41) is 8.81.